The third-order valence-corrected chi connectivity index (χ3v) is 3.17. The topological polar surface area (TPSA) is 45.1 Å². The van der Waals surface area contributed by atoms with E-state index in [1.54, 1.807) is 6.20 Å². The number of hydrogen-bond donors (Lipinski definition) is 2. The quantitative estimate of drug-likeness (QED) is 0.770. The van der Waals surface area contributed by atoms with Gasteiger partial charge in [0, 0.05) is 24.9 Å². The zero-order valence-corrected chi connectivity index (χ0v) is 11.4. The second-order valence-corrected chi connectivity index (χ2v) is 5.05. The van der Waals surface area contributed by atoms with Gasteiger partial charge < -0.3 is 10.4 Å². The number of aliphatic hydroxyl groups is 1. The summed E-state index contributed by atoms with van der Waals surface area (Å²) in [4.78, 5) is 3.97. The Kier molecular flexibility index (Phi) is 5.89. The van der Waals surface area contributed by atoms with E-state index in [2.05, 4.69) is 31.1 Å². The molecule has 0 spiro atoms. The molecule has 2 N–H and O–H groups in total. The molecule has 1 aromatic heterocycles. The van der Waals surface area contributed by atoms with Crippen LogP contribution in [0.15, 0.2) is 18.3 Å². The number of pyridine rings is 1. The maximum absolute atomic E-state index is 9.04. The monoisotopic (exact) mass is 256 g/mol. The van der Waals surface area contributed by atoms with Gasteiger partial charge in [-0.15, -0.1) is 0 Å². The molecule has 0 aliphatic rings. The van der Waals surface area contributed by atoms with Crippen LogP contribution in [0.5, 0.6) is 0 Å². The van der Waals surface area contributed by atoms with Crippen molar-refractivity contribution in [1.82, 2.24) is 10.3 Å². The van der Waals surface area contributed by atoms with Crippen LogP contribution >= 0.6 is 11.6 Å². The standard InChI is InChI=1S/C13H21ClN2O/c1-9(2)12(5-7-17)16-10(3)11-4-6-15-13(14)8-11/h4,6,8-10,12,16-17H,5,7H2,1-3H3. The van der Waals surface area contributed by atoms with Crippen LogP contribution < -0.4 is 5.32 Å². The molecule has 1 heterocycles. The highest BCUT2D eigenvalue weighted by atomic mass is 35.5. The van der Waals surface area contributed by atoms with E-state index in [0.717, 1.165) is 12.0 Å². The normalized spacial score (nSPS) is 14.9. The molecule has 0 amide bonds. The van der Waals surface area contributed by atoms with E-state index in [1.165, 1.54) is 0 Å². The summed E-state index contributed by atoms with van der Waals surface area (Å²) in [5.41, 5.74) is 1.12. The van der Waals surface area contributed by atoms with Crippen molar-refractivity contribution < 1.29 is 5.11 Å². The third kappa shape index (κ3) is 4.62. The van der Waals surface area contributed by atoms with E-state index in [9.17, 15) is 0 Å². The van der Waals surface area contributed by atoms with E-state index in [-0.39, 0.29) is 12.6 Å². The fourth-order valence-corrected chi connectivity index (χ4v) is 2.03. The summed E-state index contributed by atoms with van der Waals surface area (Å²) < 4.78 is 0. The SMILES string of the molecule is CC(NC(CCO)C(C)C)c1ccnc(Cl)c1. The number of halogens is 1. The molecule has 0 aliphatic heterocycles. The van der Waals surface area contributed by atoms with Gasteiger partial charge in [-0.25, -0.2) is 4.98 Å². The van der Waals surface area contributed by atoms with Gasteiger partial charge in [0.15, 0.2) is 0 Å². The second kappa shape index (κ2) is 6.94. The molecule has 4 heteroatoms. The molecular weight excluding hydrogens is 236 g/mol. The summed E-state index contributed by atoms with van der Waals surface area (Å²) in [7, 11) is 0. The minimum absolute atomic E-state index is 0.203. The molecular formula is C13H21ClN2O. The number of nitrogens with one attached hydrogen (secondary N) is 1. The Balaban J connectivity index is 2.66. The molecule has 0 fully saturated rings. The Labute approximate surface area is 108 Å². The molecule has 17 heavy (non-hydrogen) atoms. The van der Waals surface area contributed by atoms with Gasteiger partial charge in [-0.3, -0.25) is 0 Å². The Bertz CT molecular complexity index is 344. The van der Waals surface area contributed by atoms with E-state index in [1.807, 2.05) is 12.1 Å². The van der Waals surface area contributed by atoms with Crippen LogP contribution in [0.2, 0.25) is 5.15 Å². The first kappa shape index (κ1) is 14.4. The van der Waals surface area contributed by atoms with Crippen molar-refractivity contribution in [2.75, 3.05) is 6.61 Å². The lowest BCUT2D eigenvalue weighted by molar-refractivity contribution is 0.237. The minimum atomic E-state index is 0.203. The molecule has 0 saturated carbocycles. The van der Waals surface area contributed by atoms with Crippen LogP contribution in [0, 0.1) is 5.92 Å². The average Bonchev–Trinajstić information content (AvgIpc) is 2.28. The molecule has 1 aromatic rings. The molecule has 0 bridgehead atoms. The molecule has 0 aromatic carbocycles. The largest absolute Gasteiger partial charge is 0.396 e. The number of hydrogen-bond acceptors (Lipinski definition) is 3. The molecule has 0 saturated heterocycles. The predicted molar refractivity (Wildman–Crippen MR) is 71.1 cm³/mol. The van der Waals surface area contributed by atoms with E-state index < -0.39 is 0 Å². The first-order valence-electron chi connectivity index (χ1n) is 6.03. The first-order valence-corrected chi connectivity index (χ1v) is 6.40. The van der Waals surface area contributed by atoms with Gasteiger partial charge in [0.05, 0.1) is 0 Å². The van der Waals surface area contributed by atoms with Gasteiger partial charge in [0.25, 0.3) is 0 Å². The number of aliphatic hydroxyl groups excluding tert-OH is 1. The van der Waals surface area contributed by atoms with E-state index >= 15 is 0 Å². The van der Waals surface area contributed by atoms with Crippen LogP contribution in [0.25, 0.3) is 0 Å². The van der Waals surface area contributed by atoms with Gasteiger partial charge >= 0.3 is 0 Å². The lowest BCUT2D eigenvalue weighted by atomic mass is 9.99. The number of nitrogens with zero attached hydrogens (tertiary/aromatic N) is 1. The van der Waals surface area contributed by atoms with Crippen molar-refractivity contribution in [3.63, 3.8) is 0 Å². The van der Waals surface area contributed by atoms with Gasteiger partial charge in [-0.1, -0.05) is 25.4 Å². The minimum Gasteiger partial charge on any atom is -0.396 e. The van der Waals surface area contributed by atoms with Crippen molar-refractivity contribution in [2.45, 2.75) is 39.3 Å². The Hall–Kier alpha value is -0.640. The lowest BCUT2D eigenvalue weighted by Crippen LogP contribution is -2.36. The third-order valence-electron chi connectivity index (χ3n) is 2.96. The van der Waals surface area contributed by atoms with Crippen LogP contribution in [-0.2, 0) is 0 Å². The summed E-state index contributed by atoms with van der Waals surface area (Å²) in [6, 6.07) is 4.34. The van der Waals surface area contributed by atoms with E-state index in [4.69, 9.17) is 16.7 Å². The zero-order chi connectivity index (χ0) is 12.8. The fourth-order valence-electron chi connectivity index (χ4n) is 1.85. The van der Waals surface area contributed by atoms with Crippen LogP contribution in [0.1, 0.15) is 38.8 Å². The van der Waals surface area contributed by atoms with Crippen molar-refractivity contribution in [3.05, 3.63) is 29.0 Å². The van der Waals surface area contributed by atoms with Gasteiger partial charge in [0.1, 0.15) is 5.15 Å². The summed E-state index contributed by atoms with van der Waals surface area (Å²) in [5, 5.41) is 13.1. The average molecular weight is 257 g/mol. The zero-order valence-electron chi connectivity index (χ0n) is 10.7. The fraction of sp³-hybridized carbons (Fsp3) is 0.615. The lowest BCUT2D eigenvalue weighted by Gasteiger charge is -2.26. The summed E-state index contributed by atoms with van der Waals surface area (Å²) in [6.45, 7) is 6.61. The Morgan fingerprint density at radius 1 is 1.41 bits per heavy atom. The van der Waals surface area contributed by atoms with Crippen molar-refractivity contribution >= 4 is 11.6 Å². The molecule has 2 atom stereocenters. The van der Waals surface area contributed by atoms with Crippen LogP contribution in [0.3, 0.4) is 0 Å². The van der Waals surface area contributed by atoms with Crippen LogP contribution in [-0.4, -0.2) is 22.7 Å². The Morgan fingerprint density at radius 3 is 2.65 bits per heavy atom. The Morgan fingerprint density at radius 2 is 2.12 bits per heavy atom. The number of rotatable bonds is 6. The summed E-state index contributed by atoms with van der Waals surface area (Å²) in [5.74, 6) is 0.488. The highest BCUT2D eigenvalue weighted by molar-refractivity contribution is 6.29. The molecule has 0 radical (unpaired) electrons. The summed E-state index contributed by atoms with van der Waals surface area (Å²) in [6.07, 6.45) is 2.48. The highest BCUT2D eigenvalue weighted by Crippen LogP contribution is 2.18. The maximum atomic E-state index is 9.04. The first-order chi connectivity index (χ1) is 8.04. The van der Waals surface area contributed by atoms with Gasteiger partial charge in [-0.05, 0) is 37.0 Å². The maximum Gasteiger partial charge on any atom is 0.129 e. The van der Waals surface area contributed by atoms with Gasteiger partial charge in [-0.2, -0.15) is 0 Å². The van der Waals surface area contributed by atoms with E-state index in [0.29, 0.717) is 17.1 Å². The number of aromatic nitrogens is 1. The van der Waals surface area contributed by atoms with Crippen molar-refractivity contribution in [2.24, 2.45) is 5.92 Å². The predicted octanol–water partition coefficient (Wildman–Crippen LogP) is 2.79. The van der Waals surface area contributed by atoms with Gasteiger partial charge in [0.2, 0.25) is 0 Å². The molecule has 2 unspecified atom stereocenters. The van der Waals surface area contributed by atoms with Crippen LogP contribution in [0.4, 0.5) is 0 Å². The van der Waals surface area contributed by atoms with Crippen molar-refractivity contribution in [3.8, 4) is 0 Å². The molecule has 1 rings (SSSR count). The molecule has 96 valence electrons. The molecule has 3 nitrogen and oxygen atoms in total. The smallest absolute Gasteiger partial charge is 0.129 e. The molecule has 0 aliphatic carbocycles. The summed E-state index contributed by atoms with van der Waals surface area (Å²) >= 11 is 5.87. The second-order valence-electron chi connectivity index (χ2n) is 4.66. The highest BCUT2D eigenvalue weighted by Gasteiger charge is 2.16. The van der Waals surface area contributed by atoms with Crippen molar-refractivity contribution in [1.29, 1.82) is 0 Å².